The molecule has 0 amide bonds. The summed E-state index contributed by atoms with van der Waals surface area (Å²) in [6, 6.07) is 2.19. The summed E-state index contributed by atoms with van der Waals surface area (Å²) in [5, 5.41) is 5.68. The molecule has 1 aromatic heterocycles. The van der Waals surface area contributed by atoms with Crippen LogP contribution in [0.1, 0.15) is 24.1 Å². The zero-order valence-electron chi connectivity index (χ0n) is 8.71. The van der Waals surface area contributed by atoms with Crippen molar-refractivity contribution in [3.63, 3.8) is 0 Å². The van der Waals surface area contributed by atoms with Gasteiger partial charge in [0, 0.05) is 21.3 Å². The minimum Gasteiger partial charge on any atom is -0.312 e. The lowest BCUT2D eigenvalue weighted by Gasteiger charge is -2.17. The van der Waals surface area contributed by atoms with E-state index < -0.39 is 0 Å². The average Bonchev–Trinajstić information content (AvgIpc) is 2.66. The molecule has 1 unspecified atom stereocenters. The fraction of sp³-hybridized carbons (Fsp3) is 0.500. The van der Waals surface area contributed by atoms with Crippen LogP contribution in [0.4, 0.5) is 0 Å². The highest BCUT2D eigenvalue weighted by Crippen LogP contribution is 2.20. The van der Waals surface area contributed by atoms with E-state index in [1.807, 2.05) is 11.3 Å². The first-order chi connectivity index (χ1) is 7.34. The zero-order valence-corrected chi connectivity index (χ0v) is 11.1. The summed E-state index contributed by atoms with van der Waals surface area (Å²) >= 11 is 5.29. The molecule has 0 bridgehead atoms. The molecule has 1 N–H and O–H groups in total. The Kier molecular flexibility index (Phi) is 4.42. The van der Waals surface area contributed by atoms with Crippen LogP contribution in [0.3, 0.4) is 0 Å². The maximum absolute atomic E-state index is 3.54. The molecule has 82 valence electrons. The Morgan fingerprint density at radius 2 is 2.40 bits per heavy atom. The fourth-order valence-electron chi connectivity index (χ4n) is 1.89. The lowest BCUT2D eigenvalue weighted by atomic mass is 9.94. The molecule has 3 heteroatoms. The van der Waals surface area contributed by atoms with Gasteiger partial charge in [-0.2, -0.15) is 0 Å². The van der Waals surface area contributed by atoms with Crippen LogP contribution in [0.25, 0.3) is 0 Å². The molecule has 0 fully saturated rings. The Bertz CT molecular complexity index is 332. The molecule has 1 aromatic rings. The summed E-state index contributed by atoms with van der Waals surface area (Å²) < 4.78 is 1.20. The minimum absolute atomic E-state index is 0.846. The van der Waals surface area contributed by atoms with Gasteiger partial charge in [-0.1, -0.05) is 12.2 Å². The van der Waals surface area contributed by atoms with E-state index in [1.54, 1.807) is 0 Å². The van der Waals surface area contributed by atoms with Crippen LogP contribution >= 0.6 is 27.3 Å². The summed E-state index contributed by atoms with van der Waals surface area (Å²) in [6.45, 7) is 2.16. The van der Waals surface area contributed by atoms with Crippen LogP contribution in [0.2, 0.25) is 0 Å². The number of allylic oxidation sites excluding steroid dienone is 2. The van der Waals surface area contributed by atoms with Crippen LogP contribution in [0.5, 0.6) is 0 Å². The number of hydrogen-bond donors (Lipinski definition) is 1. The van der Waals surface area contributed by atoms with Gasteiger partial charge in [-0.25, -0.2) is 0 Å². The summed E-state index contributed by atoms with van der Waals surface area (Å²) in [4.78, 5) is 1.41. The maximum Gasteiger partial charge on any atom is 0.0300 e. The van der Waals surface area contributed by atoms with Gasteiger partial charge in [0.05, 0.1) is 0 Å². The van der Waals surface area contributed by atoms with Gasteiger partial charge in [0.2, 0.25) is 0 Å². The van der Waals surface area contributed by atoms with Crippen molar-refractivity contribution >= 4 is 27.3 Å². The normalized spacial score (nSPS) is 20.7. The highest BCUT2D eigenvalue weighted by Gasteiger charge is 2.08. The molecule has 0 saturated carbocycles. The molecule has 2 rings (SSSR count). The van der Waals surface area contributed by atoms with Crippen molar-refractivity contribution in [2.45, 2.75) is 25.8 Å². The van der Waals surface area contributed by atoms with Gasteiger partial charge in [0.1, 0.15) is 0 Å². The molecule has 1 aliphatic carbocycles. The monoisotopic (exact) mass is 285 g/mol. The van der Waals surface area contributed by atoms with Gasteiger partial charge >= 0.3 is 0 Å². The van der Waals surface area contributed by atoms with E-state index in [4.69, 9.17) is 0 Å². The molecule has 1 nitrogen and oxygen atoms in total. The Morgan fingerprint density at radius 3 is 3.07 bits per heavy atom. The SMILES string of the molecule is Brc1csc(CNCC2CC=CCC2)c1. The minimum atomic E-state index is 0.846. The van der Waals surface area contributed by atoms with E-state index in [0.717, 1.165) is 19.0 Å². The molecule has 1 heterocycles. The molecule has 1 atom stereocenters. The number of rotatable bonds is 4. The quantitative estimate of drug-likeness (QED) is 0.826. The van der Waals surface area contributed by atoms with E-state index in [9.17, 15) is 0 Å². The average molecular weight is 286 g/mol. The van der Waals surface area contributed by atoms with Gasteiger partial charge in [-0.15, -0.1) is 11.3 Å². The van der Waals surface area contributed by atoms with Crippen molar-refractivity contribution in [1.82, 2.24) is 5.32 Å². The second kappa shape index (κ2) is 5.83. The molecular formula is C12H16BrNS. The number of halogens is 1. The van der Waals surface area contributed by atoms with Crippen molar-refractivity contribution < 1.29 is 0 Å². The lowest BCUT2D eigenvalue weighted by molar-refractivity contribution is 0.441. The Labute approximate surface area is 104 Å². The molecule has 0 aliphatic heterocycles. The fourth-order valence-corrected chi connectivity index (χ4v) is 3.31. The largest absolute Gasteiger partial charge is 0.312 e. The van der Waals surface area contributed by atoms with E-state index in [-0.39, 0.29) is 0 Å². The van der Waals surface area contributed by atoms with Gasteiger partial charge in [-0.05, 0) is 53.7 Å². The van der Waals surface area contributed by atoms with Crippen molar-refractivity contribution in [2.24, 2.45) is 5.92 Å². The Hall–Kier alpha value is -0.120. The predicted molar refractivity (Wildman–Crippen MR) is 70.2 cm³/mol. The topological polar surface area (TPSA) is 12.0 Å². The van der Waals surface area contributed by atoms with Crippen molar-refractivity contribution in [3.05, 3.63) is 32.9 Å². The zero-order chi connectivity index (χ0) is 10.5. The third-order valence-corrected chi connectivity index (χ3v) is 4.43. The Balaban J connectivity index is 1.68. The van der Waals surface area contributed by atoms with Gasteiger partial charge in [-0.3, -0.25) is 0 Å². The number of nitrogens with one attached hydrogen (secondary N) is 1. The third kappa shape index (κ3) is 3.74. The van der Waals surface area contributed by atoms with Gasteiger partial charge in [0.15, 0.2) is 0 Å². The molecule has 1 aliphatic rings. The van der Waals surface area contributed by atoms with Crippen LogP contribution in [-0.4, -0.2) is 6.54 Å². The van der Waals surface area contributed by atoms with Crippen LogP contribution in [-0.2, 0) is 6.54 Å². The van der Waals surface area contributed by atoms with E-state index >= 15 is 0 Å². The second-order valence-electron chi connectivity index (χ2n) is 4.01. The second-order valence-corrected chi connectivity index (χ2v) is 5.92. The molecular weight excluding hydrogens is 270 g/mol. The summed E-state index contributed by atoms with van der Waals surface area (Å²) in [5.41, 5.74) is 0. The lowest BCUT2D eigenvalue weighted by Crippen LogP contribution is -2.22. The summed E-state index contributed by atoms with van der Waals surface area (Å²) in [5.74, 6) is 0.846. The molecule has 0 saturated heterocycles. The smallest absolute Gasteiger partial charge is 0.0300 e. The van der Waals surface area contributed by atoms with Crippen molar-refractivity contribution in [2.75, 3.05) is 6.54 Å². The highest BCUT2D eigenvalue weighted by molar-refractivity contribution is 9.10. The van der Waals surface area contributed by atoms with Crippen LogP contribution in [0, 0.1) is 5.92 Å². The van der Waals surface area contributed by atoms with E-state index in [1.165, 1.54) is 28.6 Å². The molecule has 15 heavy (non-hydrogen) atoms. The summed E-state index contributed by atoms with van der Waals surface area (Å²) in [7, 11) is 0. The highest BCUT2D eigenvalue weighted by atomic mass is 79.9. The first-order valence-corrected chi connectivity index (χ1v) is 7.10. The predicted octanol–water partition coefficient (Wildman–Crippen LogP) is 3.96. The molecule has 0 radical (unpaired) electrons. The van der Waals surface area contributed by atoms with Crippen molar-refractivity contribution in [3.8, 4) is 0 Å². The first-order valence-electron chi connectivity index (χ1n) is 5.43. The maximum atomic E-state index is 3.54. The Morgan fingerprint density at radius 1 is 1.47 bits per heavy atom. The van der Waals surface area contributed by atoms with Crippen LogP contribution in [0.15, 0.2) is 28.1 Å². The molecule has 0 aromatic carbocycles. The van der Waals surface area contributed by atoms with Gasteiger partial charge < -0.3 is 5.32 Å². The van der Waals surface area contributed by atoms with Crippen LogP contribution < -0.4 is 5.32 Å². The van der Waals surface area contributed by atoms with E-state index in [2.05, 4.69) is 44.8 Å². The summed E-state index contributed by atoms with van der Waals surface area (Å²) in [6.07, 6.45) is 8.47. The standard InChI is InChI=1S/C12H16BrNS/c13-11-6-12(15-9-11)8-14-7-10-4-2-1-3-5-10/h1-2,6,9-10,14H,3-5,7-8H2. The van der Waals surface area contributed by atoms with E-state index in [0.29, 0.717) is 0 Å². The number of thiophene rings is 1. The first kappa shape index (κ1) is 11.4. The molecule has 0 spiro atoms. The van der Waals surface area contributed by atoms with Gasteiger partial charge in [0.25, 0.3) is 0 Å². The number of hydrogen-bond acceptors (Lipinski definition) is 2. The van der Waals surface area contributed by atoms with Crippen molar-refractivity contribution in [1.29, 1.82) is 0 Å². The third-order valence-electron chi connectivity index (χ3n) is 2.73.